The third-order valence-electron chi connectivity index (χ3n) is 7.90. The zero-order valence-electron chi connectivity index (χ0n) is 27.1. The Morgan fingerprint density at radius 1 is 0.844 bits per heavy atom. The maximum atomic E-state index is 13.5. The minimum absolute atomic E-state index is 0.0493. The number of carbonyl (C=O) groups excluding carboxylic acids is 1. The fraction of sp³-hybridized carbons (Fsp3) is 0.606. The topological polar surface area (TPSA) is 119 Å². The van der Waals surface area contributed by atoms with Gasteiger partial charge in [0.2, 0.25) is 5.75 Å². The summed E-state index contributed by atoms with van der Waals surface area (Å²) in [6, 6.07) is 7.13. The van der Waals surface area contributed by atoms with Gasteiger partial charge in [-0.25, -0.2) is 8.42 Å². The van der Waals surface area contributed by atoms with Gasteiger partial charge >= 0.3 is 0 Å². The lowest BCUT2D eigenvalue weighted by Crippen LogP contribution is -2.36. The van der Waals surface area contributed by atoms with Crippen LogP contribution in [0.25, 0.3) is 0 Å². The average molecular weight is 650 g/mol. The number of benzene rings is 2. The fourth-order valence-corrected chi connectivity index (χ4v) is 7.12. The van der Waals surface area contributed by atoms with Crippen molar-refractivity contribution < 1.29 is 46.4 Å². The summed E-state index contributed by atoms with van der Waals surface area (Å²) in [5.41, 5.74) is 1.51. The first-order valence-electron chi connectivity index (χ1n) is 15.6. The van der Waals surface area contributed by atoms with Crippen LogP contribution in [0.4, 0.5) is 0 Å². The molecule has 2 unspecified atom stereocenters. The van der Waals surface area contributed by atoms with Crippen molar-refractivity contribution >= 4 is 15.6 Å². The number of Topliss-reactive ketones (excluding diaryl/α,β-unsaturated/α-hetero) is 1. The van der Waals surface area contributed by atoms with Gasteiger partial charge in [-0.2, -0.15) is 0 Å². The molecule has 0 saturated carbocycles. The van der Waals surface area contributed by atoms with Crippen molar-refractivity contribution in [3.8, 4) is 28.7 Å². The highest BCUT2D eigenvalue weighted by atomic mass is 32.2. The Labute approximate surface area is 266 Å². The lowest BCUT2D eigenvalue weighted by Gasteiger charge is -2.26. The molecule has 4 rings (SSSR count). The van der Waals surface area contributed by atoms with Gasteiger partial charge in [0.05, 0.1) is 60.0 Å². The van der Waals surface area contributed by atoms with E-state index in [2.05, 4.69) is 4.90 Å². The number of nitrogens with zero attached hydrogens (tertiary/aromatic N) is 1. The summed E-state index contributed by atoms with van der Waals surface area (Å²) in [4.78, 5) is 14.3. The summed E-state index contributed by atoms with van der Waals surface area (Å²) in [5, 5.41) is 0. The molecular weight excluding hydrogens is 602 g/mol. The molecule has 250 valence electrons. The van der Waals surface area contributed by atoms with Gasteiger partial charge < -0.3 is 33.2 Å². The Morgan fingerprint density at radius 3 is 2.04 bits per heavy atom. The molecule has 0 bridgehead atoms. The number of methoxy groups -OCH3 is 3. The van der Waals surface area contributed by atoms with Crippen LogP contribution >= 0.6 is 0 Å². The van der Waals surface area contributed by atoms with Crippen LogP contribution in [0.3, 0.4) is 0 Å². The van der Waals surface area contributed by atoms with Crippen LogP contribution in [0.1, 0.15) is 69.3 Å². The lowest BCUT2D eigenvalue weighted by molar-refractivity contribution is -0.114. The third kappa shape index (κ3) is 9.02. The molecule has 0 spiro atoms. The Bertz CT molecular complexity index is 1370. The number of ketones is 1. The normalized spacial score (nSPS) is 18.9. The molecule has 2 atom stereocenters. The number of hydrogen-bond acceptors (Lipinski definition) is 11. The van der Waals surface area contributed by atoms with E-state index < -0.39 is 27.5 Å². The highest BCUT2D eigenvalue weighted by molar-refractivity contribution is 7.92. The highest BCUT2D eigenvalue weighted by Gasteiger charge is 2.33. The molecule has 2 aliphatic rings. The predicted molar refractivity (Wildman–Crippen MR) is 169 cm³/mol. The van der Waals surface area contributed by atoms with E-state index in [1.165, 1.54) is 6.92 Å². The first kappa shape index (κ1) is 34.8. The SMILES string of the molecule is CCCOc1c(OCCCCN2CCOCC2)cc(C2CCC(c3cc(OC)c(OC)c(OC)c3)O2)cc1S(=O)(=O)CC(C)=O. The Balaban J connectivity index is 1.61. The lowest BCUT2D eigenvalue weighted by atomic mass is 10.0. The molecule has 2 fully saturated rings. The summed E-state index contributed by atoms with van der Waals surface area (Å²) in [5.74, 6) is 0.956. The van der Waals surface area contributed by atoms with Crippen molar-refractivity contribution in [3.05, 3.63) is 35.4 Å². The maximum Gasteiger partial charge on any atom is 0.203 e. The van der Waals surface area contributed by atoms with E-state index in [0.29, 0.717) is 61.0 Å². The van der Waals surface area contributed by atoms with Crippen LogP contribution < -0.4 is 23.7 Å². The number of rotatable bonds is 17. The molecule has 2 heterocycles. The Kier molecular flexibility index (Phi) is 12.8. The van der Waals surface area contributed by atoms with E-state index in [1.54, 1.807) is 27.4 Å². The van der Waals surface area contributed by atoms with Crippen LogP contribution in [-0.2, 0) is 24.1 Å². The molecule has 0 aromatic heterocycles. The van der Waals surface area contributed by atoms with Gasteiger partial charge in [0.25, 0.3) is 0 Å². The van der Waals surface area contributed by atoms with E-state index in [1.807, 2.05) is 25.1 Å². The van der Waals surface area contributed by atoms with Gasteiger partial charge in [0, 0.05) is 13.1 Å². The first-order valence-corrected chi connectivity index (χ1v) is 17.3. The second-order valence-electron chi connectivity index (χ2n) is 11.3. The van der Waals surface area contributed by atoms with E-state index in [9.17, 15) is 13.2 Å². The van der Waals surface area contributed by atoms with Crippen molar-refractivity contribution in [2.24, 2.45) is 0 Å². The zero-order valence-corrected chi connectivity index (χ0v) is 27.9. The predicted octanol–water partition coefficient (Wildman–Crippen LogP) is 4.95. The van der Waals surface area contributed by atoms with Gasteiger partial charge in [0.15, 0.2) is 32.8 Å². The number of sulfone groups is 1. The summed E-state index contributed by atoms with van der Waals surface area (Å²) in [7, 11) is 0.670. The molecule has 0 amide bonds. The van der Waals surface area contributed by atoms with Crippen LogP contribution in [0.15, 0.2) is 29.2 Å². The highest BCUT2D eigenvalue weighted by Crippen LogP contribution is 2.48. The van der Waals surface area contributed by atoms with E-state index in [4.69, 9.17) is 33.2 Å². The smallest absolute Gasteiger partial charge is 0.203 e. The van der Waals surface area contributed by atoms with Crippen LogP contribution in [-0.4, -0.2) is 92.2 Å². The molecule has 11 nitrogen and oxygen atoms in total. The van der Waals surface area contributed by atoms with Gasteiger partial charge in [-0.3, -0.25) is 9.69 Å². The van der Waals surface area contributed by atoms with Crippen LogP contribution in [0.2, 0.25) is 0 Å². The van der Waals surface area contributed by atoms with E-state index in [0.717, 1.165) is 51.3 Å². The zero-order chi connectivity index (χ0) is 32.4. The number of ether oxygens (including phenoxy) is 7. The Hall–Kier alpha value is -3.06. The molecule has 0 radical (unpaired) electrons. The standard InChI is InChI=1S/C33H47NO10S/c1-6-14-43-33-30(42-15-8-7-11-34-12-16-41-17-13-34)20-25(21-31(33)45(36,37)22-23(2)35)27-10-9-26(44-27)24-18-28(38-3)32(40-5)29(19-24)39-4/h18-21,26-27H,6-17,22H2,1-5H3. The fourth-order valence-electron chi connectivity index (χ4n) is 5.67. The second kappa shape index (κ2) is 16.5. The number of morpholine rings is 1. The monoisotopic (exact) mass is 649 g/mol. The molecule has 12 heteroatoms. The summed E-state index contributed by atoms with van der Waals surface area (Å²) >= 11 is 0. The molecule has 2 saturated heterocycles. The average Bonchev–Trinajstić information content (AvgIpc) is 3.53. The van der Waals surface area contributed by atoms with Crippen LogP contribution in [0, 0.1) is 0 Å². The van der Waals surface area contributed by atoms with Crippen molar-refractivity contribution in [1.82, 2.24) is 4.90 Å². The number of hydrogen-bond donors (Lipinski definition) is 0. The van der Waals surface area contributed by atoms with Gasteiger partial charge in [-0.15, -0.1) is 0 Å². The number of carbonyl (C=O) groups is 1. The number of unbranched alkanes of at least 4 members (excludes halogenated alkanes) is 1. The molecule has 0 N–H and O–H groups in total. The van der Waals surface area contributed by atoms with Gasteiger partial charge in [0.1, 0.15) is 16.4 Å². The molecule has 45 heavy (non-hydrogen) atoms. The Morgan fingerprint density at radius 2 is 1.47 bits per heavy atom. The first-order chi connectivity index (χ1) is 21.7. The summed E-state index contributed by atoms with van der Waals surface area (Å²) in [6.45, 7) is 8.21. The molecule has 2 aromatic rings. The van der Waals surface area contributed by atoms with Gasteiger partial charge in [-0.1, -0.05) is 6.92 Å². The molecule has 2 aliphatic heterocycles. The minimum atomic E-state index is -4.01. The summed E-state index contributed by atoms with van der Waals surface area (Å²) in [6.07, 6.45) is 3.02. The van der Waals surface area contributed by atoms with Crippen molar-refractivity contribution in [3.63, 3.8) is 0 Å². The molecule has 0 aliphatic carbocycles. The van der Waals surface area contributed by atoms with E-state index in [-0.39, 0.29) is 16.7 Å². The van der Waals surface area contributed by atoms with Gasteiger partial charge in [-0.05, 0) is 81.0 Å². The quantitative estimate of drug-likeness (QED) is 0.217. The molecule has 2 aromatic carbocycles. The second-order valence-corrected chi connectivity index (χ2v) is 13.3. The largest absolute Gasteiger partial charge is 0.493 e. The van der Waals surface area contributed by atoms with E-state index >= 15 is 0 Å². The van der Waals surface area contributed by atoms with Crippen molar-refractivity contribution in [1.29, 1.82) is 0 Å². The third-order valence-corrected chi connectivity index (χ3v) is 9.66. The molecular formula is C33H47NO10S. The van der Waals surface area contributed by atoms with Crippen molar-refractivity contribution in [2.45, 2.75) is 63.1 Å². The van der Waals surface area contributed by atoms with Crippen molar-refractivity contribution in [2.75, 3.05) is 73.1 Å². The maximum absolute atomic E-state index is 13.5. The minimum Gasteiger partial charge on any atom is -0.493 e. The summed E-state index contributed by atoms with van der Waals surface area (Å²) < 4.78 is 67.8. The van der Waals surface area contributed by atoms with Crippen LogP contribution in [0.5, 0.6) is 28.7 Å².